The third kappa shape index (κ3) is 1.77. The molecule has 0 aromatic heterocycles. The van der Waals surface area contributed by atoms with Gasteiger partial charge in [0.1, 0.15) is 0 Å². The molecule has 14 heavy (non-hydrogen) atoms. The number of aromatic hydroxyl groups is 2. The van der Waals surface area contributed by atoms with Crippen molar-refractivity contribution in [3.05, 3.63) is 22.2 Å². The zero-order chi connectivity index (χ0) is 10.9. The lowest BCUT2D eigenvalue weighted by Crippen LogP contribution is -2.16. The predicted octanol–water partition coefficient (Wildman–Crippen LogP) is 1.05. The smallest absolute Gasteiger partial charge is 0.162 e. The number of rotatable bonds is 2. The van der Waals surface area contributed by atoms with Gasteiger partial charge in [0.25, 0.3) is 0 Å². The highest BCUT2D eigenvalue weighted by Crippen LogP contribution is 2.38. The summed E-state index contributed by atoms with van der Waals surface area (Å²) in [6, 6.07) is 0.486. The van der Waals surface area contributed by atoms with Gasteiger partial charge in [0.05, 0.1) is 12.6 Å². The van der Waals surface area contributed by atoms with E-state index in [4.69, 9.17) is 22.4 Å². The second kappa shape index (κ2) is 4.04. The fraction of sp³-hybridized carbons (Fsp3) is 0.333. The molecule has 0 bridgehead atoms. The first-order valence-electron chi connectivity index (χ1n) is 4.06. The highest BCUT2D eigenvalue weighted by atomic mass is 35.5. The molecule has 4 nitrogen and oxygen atoms in total. The first-order valence-corrected chi connectivity index (χ1v) is 4.44. The van der Waals surface area contributed by atoms with Gasteiger partial charge in [-0.1, -0.05) is 11.6 Å². The summed E-state index contributed by atoms with van der Waals surface area (Å²) in [6.45, 7) is 1.33. The zero-order valence-corrected chi connectivity index (χ0v) is 8.41. The van der Waals surface area contributed by atoms with Crippen LogP contribution in [-0.4, -0.2) is 21.9 Å². The Balaban J connectivity index is 3.39. The molecule has 0 saturated heterocycles. The SMILES string of the molecule is Cc1c(Cl)cc(O)c(O)c1C(N)CO. The van der Waals surface area contributed by atoms with Crippen molar-refractivity contribution in [1.82, 2.24) is 0 Å². The molecule has 1 atom stereocenters. The maximum absolute atomic E-state index is 9.50. The second-order valence-electron chi connectivity index (χ2n) is 3.05. The molecule has 78 valence electrons. The Bertz CT molecular complexity index is 328. The van der Waals surface area contributed by atoms with Crippen molar-refractivity contribution in [2.45, 2.75) is 13.0 Å². The van der Waals surface area contributed by atoms with Crippen LogP contribution in [0.5, 0.6) is 11.5 Å². The molecular weight excluding hydrogens is 206 g/mol. The van der Waals surface area contributed by atoms with Crippen LogP contribution in [0.4, 0.5) is 0 Å². The summed E-state index contributed by atoms with van der Waals surface area (Å²) < 4.78 is 0. The van der Waals surface area contributed by atoms with Gasteiger partial charge in [0, 0.05) is 16.7 Å². The van der Waals surface area contributed by atoms with Crippen molar-refractivity contribution >= 4 is 11.6 Å². The lowest BCUT2D eigenvalue weighted by atomic mass is 10.0. The molecule has 0 aliphatic carbocycles. The van der Waals surface area contributed by atoms with Crippen LogP contribution in [0.25, 0.3) is 0 Å². The van der Waals surface area contributed by atoms with Crippen LogP contribution in [0.3, 0.4) is 0 Å². The monoisotopic (exact) mass is 217 g/mol. The Hall–Kier alpha value is -0.970. The van der Waals surface area contributed by atoms with Gasteiger partial charge in [-0.2, -0.15) is 0 Å². The number of halogens is 1. The van der Waals surface area contributed by atoms with E-state index in [1.165, 1.54) is 6.07 Å². The molecule has 0 saturated carbocycles. The highest BCUT2D eigenvalue weighted by molar-refractivity contribution is 6.31. The van der Waals surface area contributed by atoms with Gasteiger partial charge in [-0.15, -0.1) is 0 Å². The van der Waals surface area contributed by atoms with Crippen LogP contribution in [0.2, 0.25) is 5.02 Å². The minimum Gasteiger partial charge on any atom is -0.504 e. The summed E-state index contributed by atoms with van der Waals surface area (Å²) in [5.41, 5.74) is 6.39. The molecule has 1 rings (SSSR count). The lowest BCUT2D eigenvalue weighted by molar-refractivity contribution is 0.264. The summed E-state index contributed by atoms with van der Waals surface area (Å²) in [6.07, 6.45) is 0. The molecule has 0 amide bonds. The van der Waals surface area contributed by atoms with Gasteiger partial charge in [-0.3, -0.25) is 0 Å². The number of nitrogens with two attached hydrogens (primary N) is 1. The summed E-state index contributed by atoms with van der Waals surface area (Å²) >= 11 is 5.78. The van der Waals surface area contributed by atoms with E-state index in [0.29, 0.717) is 10.6 Å². The standard InChI is InChI=1S/C9H12ClNO3/c1-4-5(10)2-7(13)9(14)8(4)6(11)3-12/h2,6,12-14H,3,11H2,1H3. The van der Waals surface area contributed by atoms with Crippen molar-refractivity contribution < 1.29 is 15.3 Å². The van der Waals surface area contributed by atoms with Gasteiger partial charge >= 0.3 is 0 Å². The van der Waals surface area contributed by atoms with E-state index in [1.54, 1.807) is 6.92 Å². The Morgan fingerprint density at radius 2 is 2.07 bits per heavy atom. The first-order chi connectivity index (χ1) is 6.49. The lowest BCUT2D eigenvalue weighted by Gasteiger charge is -2.15. The van der Waals surface area contributed by atoms with Crippen LogP contribution in [0, 0.1) is 6.92 Å². The molecule has 0 heterocycles. The molecular formula is C9H12ClNO3. The van der Waals surface area contributed by atoms with Crippen LogP contribution < -0.4 is 5.73 Å². The highest BCUT2D eigenvalue weighted by Gasteiger charge is 2.18. The molecule has 5 N–H and O–H groups in total. The van der Waals surface area contributed by atoms with E-state index in [9.17, 15) is 10.2 Å². The Morgan fingerprint density at radius 3 is 2.57 bits per heavy atom. The third-order valence-electron chi connectivity index (χ3n) is 2.09. The van der Waals surface area contributed by atoms with Crippen LogP contribution in [0.1, 0.15) is 17.2 Å². The summed E-state index contributed by atoms with van der Waals surface area (Å²) in [5, 5.41) is 27.9. The molecule has 0 aliphatic heterocycles. The molecule has 0 spiro atoms. The van der Waals surface area contributed by atoms with Crippen molar-refractivity contribution in [2.24, 2.45) is 5.73 Å². The number of phenols is 2. The number of aliphatic hydroxyl groups excluding tert-OH is 1. The van der Waals surface area contributed by atoms with Gasteiger partial charge in [0.15, 0.2) is 11.5 Å². The fourth-order valence-electron chi connectivity index (χ4n) is 1.29. The molecule has 1 unspecified atom stereocenters. The van der Waals surface area contributed by atoms with Crippen LogP contribution in [-0.2, 0) is 0 Å². The van der Waals surface area contributed by atoms with E-state index in [1.807, 2.05) is 0 Å². The predicted molar refractivity (Wildman–Crippen MR) is 53.5 cm³/mol. The van der Waals surface area contributed by atoms with E-state index >= 15 is 0 Å². The van der Waals surface area contributed by atoms with Gasteiger partial charge in [-0.25, -0.2) is 0 Å². The first kappa shape index (κ1) is 11.1. The zero-order valence-electron chi connectivity index (χ0n) is 7.66. The maximum Gasteiger partial charge on any atom is 0.162 e. The average molecular weight is 218 g/mol. The molecule has 1 aromatic rings. The van der Waals surface area contributed by atoms with E-state index in [-0.39, 0.29) is 23.7 Å². The third-order valence-corrected chi connectivity index (χ3v) is 2.48. The van der Waals surface area contributed by atoms with Crippen molar-refractivity contribution in [2.75, 3.05) is 6.61 Å². The van der Waals surface area contributed by atoms with Gasteiger partial charge in [0.2, 0.25) is 0 Å². The minimum absolute atomic E-state index is 0.275. The number of hydrogen-bond acceptors (Lipinski definition) is 4. The minimum atomic E-state index is -0.750. The van der Waals surface area contributed by atoms with E-state index in [0.717, 1.165) is 0 Å². The van der Waals surface area contributed by atoms with Crippen LogP contribution in [0.15, 0.2) is 6.07 Å². The molecule has 1 aromatic carbocycles. The Labute approximate surface area is 86.6 Å². The van der Waals surface area contributed by atoms with Crippen molar-refractivity contribution in [3.8, 4) is 11.5 Å². The van der Waals surface area contributed by atoms with Gasteiger partial charge < -0.3 is 21.1 Å². The summed E-state index contributed by atoms with van der Waals surface area (Å²) in [4.78, 5) is 0. The van der Waals surface area contributed by atoms with E-state index in [2.05, 4.69) is 0 Å². The number of phenolic OH excluding ortho intramolecular Hbond substituents is 2. The van der Waals surface area contributed by atoms with Crippen molar-refractivity contribution in [1.29, 1.82) is 0 Å². The Morgan fingerprint density at radius 1 is 1.50 bits per heavy atom. The van der Waals surface area contributed by atoms with Crippen molar-refractivity contribution in [3.63, 3.8) is 0 Å². The largest absolute Gasteiger partial charge is 0.504 e. The topological polar surface area (TPSA) is 86.7 Å². The maximum atomic E-state index is 9.50. The molecule has 0 aliphatic rings. The number of benzene rings is 1. The quantitative estimate of drug-likeness (QED) is 0.558. The van der Waals surface area contributed by atoms with Gasteiger partial charge in [-0.05, 0) is 12.5 Å². The number of hydrogen-bond donors (Lipinski definition) is 4. The molecule has 0 fully saturated rings. The van der Waals surface area contributed by atoms with E-state index < -0.39 is 6.04 Å². The molecule has 5 heteroatoms. The fourth-order valence-corrected chi connectivity index (χ4v) is 1.49. The molecule has 0 radical (unpaired) electrons. The van der Waals surface area contributed by atoms with Crippen LogP contribution >= 0.6 is 11.6 Å². The average Bonchev–Trinajstić information content (AvgIpc) is 2.15. The Kier molecular flexibility index (Phi) is 3.21. The summed E-state index contributed by atoms with van der Waals surface area (Å²) in [5.74, 6) is -0.659. The summed E-state index contributed by atoms with van der Waals surface area (Å²) in [7, 11) is 0. The number of aliphatic hydroxyl groups is 1. The normalized spacial score (nSPS) is 12.9. The second-order valence-corrected chi connectivity index (χ2v) is 3.46.